The zero-order chi connectivity index (χ0) is 18.3. The van der Waals surface area contributed by atoms with Crippen LogP contribution in [0.2, 0.25) is 0 Å². The van der Waals surface area contributed by atoms with E-state index in [1.807, 2.05) is 12.1 Å². The lowest BCUT2D eigenvalue weighted by Gasteiger charge is -2.20. The van der Waals surface area contributed by atoms with Crippen molar-refractivity contribution in [3.8, 4) is 11.3 Å². The molecule has 4 heteroatoms. The number of nitrogens with zero attached hydrogens (tertiary/aromatic N) is 2. The highest BCUT2D eigenvalue weighted by Crippen LogP contribution is 2.33. The largest absolute Gasteiger partial charge is 0.354 e. The van der Waals surface area contributed by atoms with E-state index in [2.05, 4.69) is 9.97 Å². The van der Waals surface area contributed by atoms with Crippen molar-refractivity contribution in [2.24, 2.45) is 0 Å². The maximum absolute atomic E-state index is 13.9. The van der Waals surface area contributed by atoms with Gasteiger partial charge in [0.15, 0.2) is 0 Å². The number of aromatic amines is 1. The van der Waals surface area contributed by atoms with Crippen LogP contribution in [0.4, 0.5) is 4.39 Å². The summed E-state index contributed by atoms with van der Waals surface area (Å²) in [5, 5.41) is 0.814. The fourth-order valence-corrected chi connectivity index (χ4v) is 3.48. The summed E-state index contributed by atoms with van der Waals surface area (Å²) < 4.78 is 37.2. The maximum Gasteiger partial charge on any atom is 0.123 e. The summed E-state index contributed by atoms with van der Waals surface area (Å²) in [5.41, 5.74) is 3.69. The number of pyridine rings is 1. The van der Waals surface area contributed by atoms with Crippen molar-refractivity contribution in [1.82, 2.24) is 14.9 Å². The number of aromatic nitrogens is 2. The van der Waals surface area contributed by atoms with Crippen LogP contribution in [0.5, 0.6) is 0 Å². The second-order valence-corrected chi connectivity index (χ2v) is 6.10. The fraction of sp³-hybridized carbons (Fsp3) is 0.316. The van der Waals surface area contributed by atoms with Gasteiger partial charge in [-0.25, -0.2) is 4.39 Å². The van der Waals surface area contributed by atoms with Crippen LogP contribution in [-0.2, 0) is 6.42 Å². The minimum Gasteiger partial charge on any atom is -0.354 e. The molecular weight excluding hydrogens is 289 g/mol. The van der Waals surface area contributed by atoms with Gasteiger partial charge in [-0.15, -0.1) is 0 Å². The molecule has 0 radical (unpaired) electrons. The molecule has 0 aliphatic carbocycles. The van der Waals surface area contributed by atoms with Crippen molar-refractivity contribution < 1.29 is 8.50 Å². The van der Waals surface area contributed by atoms with E-state index in [1.54, 1.807) is 23.4 Å². The summed E-state index contributed by atoms with van der Waals surface area (Å²) in [6, 6.07) is 8.42. The Hall–Kier alpha value is -2.20. The van der Waals surface area contributed by atoms with Crippen LogP contribution in [0, 0.1) is 5.82 Å². The number of halogens is 1. The lowest BCUT2D eigenvalue weighted by atomic mass is 9.98. The third-order valence-corrected chi connectivity index (χ3v) is 4.65. The van der Waals surface area contributed by atoms with Gasteiger partial charge in [-0.3, -0.25) is 4.98 Å². The van der Waals surface area contributed by atoms with E-state index in [9.17, 15) is 4.39 Å². The Labute approximate surface area is 139 Å². The average molecular weight is 312 g/mol. The smallest absolute Gasteiger partial charge is 0.123 e. The standard InChI is InChI=1S/C19H20FN3/c1-23-10-2-3-15(23)12-17-16-11-14(20)4-5-18(16)22-19(17)13-6-8-21-9-7-13/h4-9,11,15,22H,2-3,10,12H2,1H3/t15-/m1/s1/i1D3. The van der Waals surface area contributed by atoms with Crippen LogP contribution in [0.1, 0.15) is 22.5 Å². The SMILES string of the molecule is [2H]C([2H])([2H])N1CCC[C@@H]1Cc1c(-c2ccncc2)[nH]c2ccc(F)cc12. The van der Waals surface area contributed by atoms with E-state index in [4.69, 9.17) is 4.11 Å². The number of H-pyrrole nitrogens is 1. The highest BCUT2D eigenvalue weighted by molar-refractivity contribution is 5.90. The van der Waals surface area contributed by atoms with Gasteiger partial charge in [0.2, 0.25) is 0 Å². The topological polar surface area (TPSA) is 31.9 Å². The fourth-order valence-electron chi connectivity index (χ4n) is 3.48. The highest BCUT2D eigenvalue weighted by Gasteiger charge is 2.24. The first-order valence-corrected chi connectivity index (χ1v) is 7.91. The number of fused-ring (bicyclic) bond motifs is 1. The third kappa shape index (κ3) is 2.63. The van der Waals surface area contributed by atoms with Crippen molar-refractivity contribution in [2.45, 2.75) is 25.3 Å². The van der Waals surface area contributed by atoms with E-state index < -0.39 is 6.98 Å². The number of likely N-dealkylation sites (tertiary alicyclic amines) is 1. The molecule has 3 heterocycles. The van der Waals surface area contributed by atoms with Gasteiger partial charge in [0.25, 0.3) is 0 Å². The molecular formula is C19H20FN3. The van der Waals surface area contributed by atoms with Gasteiger partial charge in [0.1, 0.15) is 5.82 Å². The number of likely N-dealkylation sites (N-methyl/N-ethyl adjacent to an activating group) is 1. The molecule has 0 spiro atoms. The van der Waals surface area contributed by atoms with E-state index in [-0.39, 0.29) is 11.9 Å². The van der Waals surface area contributed by atoms with Gasteiger partial charge >= 0.3 is 0 Å². The van der Waals surface area contributed by atoms with E-state index >= 15 is 0 Å². The third-order valence-electron chi connectivity index (χ3n) is 4.65. The molecule has 1 aromatic carbocycles. The van der Waals surface area contributed by atoms with Crippen molar-refractivity contribution >= 4 is 10.9 Å². The molecule has 0 saturated carbocycles. The minimum absolute atomic E-state index is 0.0784. The quantitative estimate of drug-likeness (QED) is 0.792. The van der Waals surface area contributed by atoms with Gasteiger partial charge in [-0.05, 0) is 68.7 Å². The van der Waals surface area contributed by atoms with Crippen molar-refractivity contribution in [3.05, 3.63) is 54.1 Å². The summed E-state index contributed by atoms with van der Waals surface area (Å²) in [6.45, 7) is -1.53. The zero-order valence-corrected chi connectivity index (χ0v) is 12.7. The second-order valence-electron chi connectivity index (χ2n) is 6.10. The van der Waals surface area contributed by atoms with E-state index in [0.717, 1.165) is 40.6 Å². The molecule has 0 unspecified atom stereocenters. The number of nitrogens with one attached hydrogen (secondary N) is 1. The molecule has 0 bridgehead atoms. The highest BCUT2D eigenvalue weighted by atomic mass is 19.1. The van der Waals surface area contributed by atoms with E-state index in [1.165, 1.54) is 12.1 Å². The van der Waals surface area contributed by atoms with Crippen LogP contribution in [-0.4, -0.2) is 34.4 Å². The molecule has 1 atom stereocenters. The van der Waals surface area contributed by atoms with Gasteiger partial charge in [0, 0.05) is 44.7 Å². The first kappa shape index (κ1) is 11.4. The maximum atomic E-state index is 13.9. The Morgan fingerprint density at radius 1 is 1.35 bits per heavy atom. The molecule has 2 aromatic heterocycles. The molecule has 0 amide bonds. The molecule has 118 valence electrons. The average Bonchev–Trinajstić information content (AvgIpc) is 3.21. The molecule has 3 aromatic rings. The van der Waals surface area contributed by atoms with Crippen LogP contribution in [0.25, 0.3) is 22.2 Å². The molecule has 1 saturated heterocycles. The van der Waals surface area contributed by atoms with Gasteiger partial charge in [-0.2, -0.15) is 0 Å². The molecule has 1 fully saturated rings. The van der Waals surface area contributed by atoms with Crippen molar-refractivity contribution in [3.63, 3.8) is 0 Å². The molecule has 1 N–H and O–H groups in total. The Morgan fingerprint density at radius 2 is 2.22 bits per heavy atom. The Balaban J connectivity index is 1.81. The van der Waals surface area contributed by atoms with Crippen LogP contribution in [0.15, 0.2) is 42.7 Å². The number of rotatable bonds is 3. The minimum atomic E-state index is -2.10. The Morgan fingerprint density at radius 3 is 3.04 bits per heavy atom. The predicted molar refractivity (Wildman–Crippen MR) is 90.8 cm³/mol. The van der Waals surface area contributed by atoms with E-state index in [0.29, 0.717) is 13.0 Å². The van der Waals surface area contributed by atoms with Gasteiger partial charge in [-0.1, -0.05) is 0 Å². The molecule has 3 nitrogen and oxygen atoms in total. The molecule has 4 rings (SSSR count). The van der Waals surface area contributed by atoms with Crippen LogP contribution >= 0.6 is 0 Å². The monoisotopic (exact) mass is 312 g/mol. The first-order chi connectivity index (χ1) is 12.4. The summed E-state index contributed by atoms with van der Waals surface area (Å²) >= 11 is 0. The predicted octanol–water partition coefficient (Wildman–Crippen LogP) is 4.01. The van der Waals surface area contributed by atoms with Gasteiger partial charge in [0.05, 0.1) is 0 Å². The summed E-state index contributed by atoms with van der Waals surface area (Å²) in [5.74, 6) is -0.293. The van der Waals surface area contributed by atoms with Crippen LogP contribution in [0.3, 0.4) is 0 Å². The number of hydrogen-bond donors (Lipinski definition) is 1. The summed E-state index contributed by atoms with van der Waals surface area (Å²) in [4.78, 5) is 9.04. The number of hydrogen-bond acceptors (Lipinski definition) is 2. The normalized spacial score (nSPS) is 21.3. The zero-order valence-electron chi connectivity index (χ0n) is 15.7. The summed E-state index contributed by atoms with van der Waals surface area (Å²) in [6.07, 6.45) is 5.70. The Kier molecular flexibility index (Phi) is 2.85. The molecule has 1 aliphatic heterocycles. The Bertz CT molecular complexity index is 921. The first-order valence-electron chi connectivity index (χ1n) is 9.41. The van der Waals surface area contributed by atoms with Gasteiger partial charge < -0.3 is 9.88 Å². The molecule has 23 heavy (non-hydrogen) atoms. The number of benzene rings is 1. The molecule has 1 aliphatic rings. The summed E-state index contributed by atoms with van der Waals surface area (Å²) in [7, 11) is 0. The van der Waals surface area contributed by atoms with Crippen molar-refractivity contribution in [2.75, 3.05) is 13.5 Å². The lowest BCUT2D eigenvalue weighted by molar-refractivity contribution is 0.310. The van der Waals surface area contributed by atoms with Crippen molar-refractivity contribution in [1.29, 1.82) is 0 Å². The lowest BCUT2D eigenvalue weighted by Crippen LogP contribution is -2.26. The second kappa shape index (κ2) is 5.78. The van der Waals surface area contributed by atoms with Crippen LogP contribution < -0.4 is 0 Å².